The van der Waals surface area contributed by atoms with Gasteiger partial charge in [-0.25, -0.2) is 0 Å². The van der Waals surface area contributed by atoms with E-state index in [1.165, 1.54) is 17.8 Å². The van der Waals surface area contributed by atoms with Crippen LogP contribution in [0.5, 0.6) is 11.5 Å². The Labute approximate surface area is 223 Å². The fourth-order valence-electron chi connectivity index (χ4n) is 4.44. The van der Waals surface area contributed by atoms with Crippen LogP contribution in [0.1, 0.15) is 27.7 Å². The van der Waals surface area contributed by atoms with Gasteiger partial charge in [0.2, 0.25) is 0 Å². The van der Waals surface area contributed by atoms with Crippen LogP contribution in [0, 0.1) is 10.1 Å². The fourth-order valence-corrected chi connectivity index (χ4v) is 4.44. The third-order valence-corrected chi connectivity index (χ3v) is 6.58. The normalized spacial score (nSPS) is 11.2. The van der Waals surface area contributed by atoms with Gasteiger partial charge in [-0.1, -0.05) is 12.1 Å². The highest BCUT2D eigenvalue weighted by Crippen LogP contribution is 2.39. The number of ether oxygens (including phenoxy) is 1. The second-order valence-electron chi connectivity index (χ2n) is 8.73. The molecule has 38 heavy (non-hydrogen) atoms. The minimum Gasteiger partial charge on any atom is -0.454 e. The van der Waals surface area contributed by atoms with E-state index in [0.29, 0.717) is 17.1 Å². The molecule has 4 aromatic carbocycles. The Kier molecular flexibility index (Phi) is 8.53. The van der Waals surface area contributed by atoms with E-state index < -0.39 is 4.92 Å². The van der Waals surface area contributed by atoms with Crippen molar-refractivity contribution in [2.75, 3.05) is 36.0 Å². The largest absolute Gasteiger partial charge is 0.454 e. The van der Waals surface area contributed by atoms with Crippen LogP contribution in [0.25, 0.3) is 10.8 Å². The Hall–Kier alpha value is -4.46. The fraction of sp³-hybridized carbons (Fsp3) is 0.267. The van der Waals surface area contributed by atoms with Gasteiger partial charge in [0.1, 0.15) is 11.4 Å². The molecule has 0 saturated heterocycles. The number of non-ortho nitro benzene ring substituents is 1. The van der Waals surface area contributed by atoms with E-state index in [2.05, 4.69) is 72.0 Å². The second kappa shape index (κ2) is 12.2. The number of anilines is 2. The van der Waals surface area contributed by atoms with Crippen molar-refractivity contribution < 1.29 is 9.66 Å². The van der Waals surface area contributed by atoms with Crippen LogP contribution >= 0.6 is 0 Å². The van der Waals surface area contributed by atoms with Gasteiger partial charge < -0.3 is 14.5 Å². The lowest BCUT2D eigenvalue weighted by molar-refractivity contribution is -0.384. The van der Waals surface area contributed by atoms with Crippen molar-refractivity contribution in [2.45, 2.75) is 27.7 Å². The Balaban J connectivity index is 1.72. The zero-order valence-electron chi connectivity index (χ0n) is 22.3. The van der Waals surface area contributed by atoms with Crippen LogP contribution in [0.3, 0.4) is 0 Å². The lowest BCUT2D eigenvalue weighted by Gasteiger charge is -2.23. The number of nitro benzene ring substituents is 1. The average Bonchev–Trinajstić information content (AvgIpc) is 2.94. The smallest absolute Gasteiger partial charge is 0.269 e. The van der Waals surface area contributed by atoms with E-state index in [9.17, 15) is 10.1 Å². The highest BCUT2D eigenvalue weighted by Gasteiger charge is 2.13. The zero-order valence-corrected chi connectivity index (χ0v) is 22.3. The van der Waals surface area contributed by atoms with E-state index >= 15 is 0 Å². The van der Waals surface area contributed by atoms with Crippen LogP contribution in [-0.4, -0.2) is 31.1 Å². The van der Waals surface area contributed by atoms with Crippen LogP contribution in [0.2, 0.25) is 0 Å². The van der Waals surface area contributed by atoms with Gasteiger partial charge in [-0.15, -0.1) is 5.11 Å². The van der Waals surface area contributed by atoms with E-state index in [0.717, 1.165) is 48.4 Å². The lowest BCUT2D eigenvalue weighted by Crippen LogP contribution is -2.21. The van der Waals surface area contributed by atoms with Crippen LogP contribution in [0.15, 0.2) is 89.1 Å². The molecule has 0 aliphatic rings. The molecule has 0 N–H and O–H groups in total. The molecule has 0 unspecified atom stereocenters. The van der Waals surface area contributed by atoms with Gasteiger partial charge >= 0.3 is 0 Å². The summed E-state index contributed by atoms with van der Waals surface area (Å²) in [5.41, 5.74) is 3.31. The number of benzene rings is 4. The molecule has 0 heterocycles. The zero-order chi connectivity index (χ0) is 27.1. The first kappa shape index (κ1) is 26.6. The number of nitro groups is 1. The van der Waals surface area contributed by atoms with Gasteiger partial charge in [-0.05, 0) is 81.6 Å². The third-order valence-electron chi connectivity index (χ3n) is 6.58. The number of hydrogen-bond donors (Lipinski definition) is 0. The third kappa shape index (κ3) is 5.91. The number of nitrogens with zero attached hydrogens (tertiary/aromatic N) is 5. The summed E-state index contributed by atoms with van der Waals surface area (Å²) in [7, 11) is 0. The molecule has 0 spiro atoms. The van der Waals surface area contributed by atoms with Crippen molar-refractivity contribution in [3.63, 3.8) is 0 Å². The molecule has 196 valence electrons. The molecule has 0 fully saturated rings. The summed E-state index contributed by atoms with van der Waals surface area (Å²) in [6.45, 7) is 12.2. The molecule has 0 bridgehead atoms. The SMILES string of the molecule is CCN(CC)c1ccc(/N=N/c2ccc([N+](=O)[O-])cc2)c(Oc2cccc3cc(N(CC)CC)ccc23)c1. The van der Waals surface area contributed by atoms with Gasteiger partial charge in [-0.2, -0.15) is 5.11 Å². The Morgan fingerprint density at radius 2 is 1.37 bits per heavy atom. The summed E-state index contributed by atoms with van der Waals surface area (Å²) in [6, 6.07) is 24.3. The summed E-state index contributed by atoms with van der Waals surface area (Å²) in [5, 5.41) is 21.8. The predicted octanol–water partition coefficient (Wildman–Crippen LogP) is 8.65. The van der Waals surface area contributed by atoms with Crippen molar-refractivity contribution in [3.05, 3.63) is 89.0 Å². The summed E-state index contributed by atoms with van der Waals surface area (Å²) < 4.78 is 6.51. The van der Waals surface area contributed by atoms with Crippen molar-refractivity contribution in [1.29, 1.82) is 0 Å². The summed E-state index contributed by atoms with van der Waals surface area (Å²) >= 11 is 0. The Bertz CT molecular complexity index is 1430. The standard InChI is InChI=1S/C30H33N5O3/c1-5-33(6-2)25-16-18-27-22(20-25)10-9-11-29(27)38-30-21-26(34(7-3)8-4)17-19-28(30)32-31-23-12-14-24(15-13-23)35(36)37/h9-21H,5-8H2,1-4H3/b32-31+. The number of azo groups is 1. The summed E-state index contributed by atoms with van der Waals surface area (Å²) in [4.78, 5) is 15.1. The van der Waals surface area contributed by atoms with Gasteiger partial charge in [0.15, 0.2) is 5.75 Å². The van der Waals surface area contributed by atoms with Crippen molar-refractivity contribution in [2.24, 2.45) is 10.2 Å². The molecule has 4 aromatic rings. The molecule has 0 aliphatic carbocycles. The molecule has 0 atom stereocenters. The van der Waals surface area contributed by atoms with Crippen molar-refractivity contribution in [3.8, 4) is 11.5 Å². The topological polar surface area (TPSA) is 83.6 Å². The minimum atomic E-state index is -0.437. The van der Waals surface area contributed by atoms with E-state index in [1.54, 1.807) is 12.1 Å². The molecule has 8 nitrogen and oxygen atoms in total. The lowest BCUT2D eigenvalue weighted by atomic mass is 10.1. The quantitative estimate of drug-likeness (QED) is 0.114. The van der Waals surface area contributed by atoms with Gasteiger partial charge in [-0.3, -0.25) is 10.1 Å². The first-order chi connectivity index (χ1) is 18.5. The molecule has 0 radical (unpaired) electrons. The summed E-state index contributed by atoms with van der Waals surface area (Å²) in [5.74, 6) is 1.32. The van der Waals surface area contributed by atoms with Gasteiger partial charge in [0, 0.05) is 61.1 Å². The molecule has 0 aromatic heterocycles. The Morgan fingerprint density at radius 1 is 0.737 bits per heavy atom. The maximum Gasteiger partial charge on any atom is 0.269 e. The van der Waals surface area contributed by atoms with Gasteiger partial charge in [0.25, 0.3) is 5.69 Å². The maximum atomic E-state index is 11.0. The molecular formula is C30H33N5O3. The van der Waals surface area contributed by atoms with Gasteiger partial charge in [0.05, 0.1) is 10.6 Å². The molecule has 0 amide bonds. The van der Waals surface area contributed by atoms with Crippen LogP contribution < -0.4 is 14.5 Å². The van der Waals surface area contributed by atoms with E-state index in [1.807, 2.05) is 30.3 Å². The molecule has 4 rings (SSSR count). The molecule has 0 saturated carbocycles. The summed E-state index contributed by atoms with van der Waals surface area (Å²) in [6.07, 6.45) is 0. The molecular weight excluding hydrogens is 478 g/mol. The minimum absolute atomic E-state index is 0.0108. The van der Waals surface area contributed by atoms with Crippen molar-refractivity contribution >= 4 is 39.2 Å². The predicted molar refractivity (Wildman–Crippen MR) is 155 cm³/mol. The van der Waals surface area contributed by atoms with E-state index in [4.69, 9.17) is 4.74 Å². The average molecular weight is 512 g/mol. The maximum absolute atomic E-state index is 11.0. The molecule has 0 aliphatic heterocycles. The second-order valence-corrected chi connectivity index (χ2v) is 8.73. The monoisotopic (exact) mass is 511 g/mol. The van der Waals surface area contributed by atoms with Crippen LogP contribution in [-0.2, 0) is 0 Å². The van der Waals surface area contributed by atoms with E-state index in [-0.39, 0.29) is 5.69 Å². The first-order valence-electron chi connectivity index (χ1n) is 13.0. The highest BCUT2D eigenvalue weighted by molar-refractivity contribution is 5.91. The van der Waals surface area contributed by atoms with Crippen molar-refractivity contribution in [1.82, 2.24) is 0 Å². The van der Waals surface area contributed by atoms with Crippen LogP contribution in [0.4, 0.5) is 28.4 Å². The first-order valence-corrected chi connectivity index (χ1v) is 13.0. The molecule has 8 heteroatoms. The highest BCUT2D eigenvalue weighted by atomic mass is 16.6. The number of fused-ring (bicyclic) bond motifs is 1. The Morgan fingerprint density at radius 3 is 2.00 bits per heavy atom. The number of rotatable bonds is 11. The number of hydrogen-bond acceptors (Lipinski definition) is 7.